The third kappa shape index (κ3) is 4.91. The number of anilines is 1. The number of urea groups is 1. The molecule has 0 atom stereocenters. The Bertz CT molecular complexity index is 1210. The number of esters is 1. The minimum Gasteiger partial charge on any atom is -0.450 e. The molecule has 3 amide bonds. The standard InChI is InChI=1S/C22H20N2O6/c1-12-4-7-18-16(8-12)17(25)10-19(30-18)21(27)29-11-20(26)24-22(28)23-15-6-5-13(2)14(3)9-15/h4-10H,11H2,1-3H3,(H2,23,24,26,28). The summed E-state index contributed by atoms with van der Waals surface area (Å²) in [5, 5.41) is 4.92. The molecule has 3 rings (SSSR count). The summed E-state index contributed by atoms with van der Waals surface area (Å²) in [6.07, 6.45) is 0. The molecule has 0 saturated carbocycles. The maximum Gasteiger partial charge on any atom is 0.374 e. The Morgan fingerprint density at radius 3 is 2.47 bits per heavy atom. The van der Waals surface area contributed by atoms with Crippen LogP contribution in [0.25, 0.3) is 11.0 Å². The Morgan fingerprint density at radius 2 is 1.73 bits per heavy atom. The topological polar surface area (TPSA) is 115 Å². The number of rotatable bonds is 4. The molecule has 154 valence electrons. The van der Waals surface area contributed by atoms with Crippen LogP contribution in [0.4, 0.5) is 10.5 Å². The third-order valence-corrected chi connectivity index (χ3v) is 4.44. The number of nitrogens with one attached hydrogen (secondary N) is 2. The molecule has 30 heavy (non-hydrogen) atoms. The molecule has 0 radical (unpaired) electrons. The lowest BCUT2D eigenvalue weighted by Gasteiger charge is -2.09. The second-order valence-electron chi connectivity index (χ2n) is 6.85. The van der Waals surface area contributed by atoms with Crippen molar-refractivity contribution in [3.05, 3.63) is 75.1 Å². The normalized spacial score (nSPS) is 10.5. The molecule has 0 aliphatic carbocycles. The summed E-state index contributed by atoms with van der Waals surface area (Å²) in [6.45, 7) is 4.95. The Labute approximate surface area is 171 Å². The van der Waals surface area contributed by atoms with Crippen LogP contribution in [0, 0.1) is 20.8 Å². The van der Waals surface area contributed by atoms with Gasteiger partial charge in [0.2, 0.25) is 5.76 Å². The van der Waals surface area contributed by atoms with Crippen molar-refractivity contribution in [3.63, 3.8) is 0 Å². The minimum absolute atomic E-state index is 0.234. The first-order valence-electron chi connectivity index (χ1n) is 9.12. The van der Waals surface area contributed by atoms with Gasteiger partial charge in [-0.2, -0.15) is 0 Å². The minimum atomic E-state index is -0.987. The Hall–Kier alpha value is -3.94. The van der Waals surface area contributed by atoms with Gasteiger partial charge in [-0.3, -0.25) is 14.9 Å². The number of carbonyl (C=O) groups is 3. The number of amides is 3. The van der Waals surface area contributed by atoms with E-state index in [9.17, 15) is 19.2 Å². The van der Waals surface area contributed by atoms with Gasteiger partial charge in [-0.05, 0) is 56.2 Å². The van der Waals surface area contributed by atoms with E-state index < -0.39 is 29.9 Å². The molecular formula is C22H20N2O6. The van der Waals surface area contributed by atoms with E-state index in [4.69, 9.17) is 9.15 Å². The summed E-state index contributed by atoms with van der Waals surface area (Å²) in [6, 6.07) is 10.5. The van der Waals surface area contributed by atoms with E-state index in [1.807, 2.05) is 26.8 Å². The summed E-state index contributed by atoms with van der Waals surface area (Å²) in [5.74, 6) is -2.15. The fourth-order valence-corrected chi connectivity index (χ4v) is 2.72. The van der Waals surface area contributed by atoms with E-state index in [0.717, 1.165) is 22.8 Å². The summed E-state index contributed by atoms with van der Waals surface area (Å²) < 4.78 is 10.2. The number of carbonyl (C=O) groups excluding carboxylic acids is 3. The highest BCUT2D eigenvalue weighted by molar-refractivity contribution is 6.02. The lowest BCUT2D eigenvalue weighted by atomic mass is 10.1. The monoisotopic (exact) mass is 408 g/mol. The van der Waals surface area contributed by atoms with E-state index in [1.165, 1.54) is 0 Å². The van der Waals surface area contributed by atoms with Crippen molar-refractivity contribution in [2.24, 2.45) is 0 Å². The molecule has 2 N–H and O–H groups in total. The van der Waals surface area contributed by atoms with Crippen LogP contribution in [0.1, 0.15) is 27.2 Å². The van der Waals surface area contributed by atoms with Crippen molar-refractivity contribution in [2.75, 3.05) is 11.9 Å². The number of benzene rings is 2. The summed E-state index contributed by atoms with van der Waals surface area (Å²) in [4.78, 5) is 48.1. The van der Waals surface area contributed by atoms with Crippen molar-refractivity contribution in [1.29, 1.82) is 0 Å². The maximum absolute atomic E-state index is 12.2. The molecule has 8 nitrogen and oxygen atoms in total. The molecule has 1 aromatic heterocycles. The molecule has 0 fully saturated rings. The van der Waals surface area contributed by atoms with Crippen LogP contribution in [0.2, 0.25) is 0 Å². The smallest absolute Gasteiger partial charge is 0.374 e. The molecular weight excluding hydrogens is 388 g/mol. The highest BCUT2D eigenvalue weighted by Gasteiger charge is 2.17. The van der Waals surface area contributed by atoms with E-state index in [2.05, 4.69) is 10.6 Å². The third-order valence-electron chi connectivity index (χ3n) is 4.44. The Kier molecular flexibility index (Phi) is 5.96. The summed E-state index contributed by atoms with van der Waals surface area (Å²) in [7, 11) is 0. The zero-order chi connectivity index (χ0) is 21.8. The lowest BCUT2D eigenvalue weighted by molar-refractivity contribution is -0.123. The number of imide groups is 1. The van der Waals surface area contributed by atoms with Gasteiger partial charge < -0.3 is 14.5 Å². The van der Waals surface area contributed by atoms with Crippen LogP contribution in [0.5, 0.6) is 0 Å². The first-order chi connectivity index (χ1) is 14.2. The largest absolute Gasteiger partial charge is 0.450 e. The molecule has 0 unspecified atom stereocenters. The first-order valence-corrected chi connectivity index (χ1v) is 9.12. The van der Waals surface area contributed by atoms with Gasteiger partial charge in [0.1, 0.15) is 5.58 Å². The maximum atomic E-state index is 12.2. The SMILES string of the molecule is Cc1ccc2oc(C(=O)OCC(=O)NC(=O)Nc3ccc(C)c(C)c3)cc(=O)c2c1. The zero-order valence-corrected chi connectivity index (χ0v) is 16.7. The van der Waals surface area contributed by atoms with Gasteiger partial charge in [0.15, 0.2) is 12.0 Å². The van der Waals surface area contributed by atoms with Gasteiger partial charge in [-0.15, -0.1) is 0 Å². The van der Waals surface area contributed by atoms with Gasteiger partial charge in [0.25, 0.3) is 5.91 Å². The van der Waals surface area contributed by atoms with E-state index in [1.54, 1.807) is 30.3 Å². The lowest BCUT2D eigenvalue weighted by Crippen LogP contribution is -2.37. The quantitative estimate of drug-likeness (QED) is 0.641. The fourth-order valence-electron chi connectivity index (χ4n) is 2.72. The highest BCUT2D eigenvalue weighted by atomic mass is 16.5. The molecule has 0 aliphatic heterocycles. The number of aryl methyl sites for hydroxylation is 3. The summed E-state index contributed by atoms with van der Waals surface area (Å²) in [5.41, 5.74) is 3.29. The molecule has 3 aromatic rings. The predicted octanol–water partition coefficient (Wildman–Crippen LogP) is 3.22. The molecule has 1 heterocycles. The molecule has 2 aromatic carbocycles. The van der Waals surface area contributed by atoms with Gasteiger partial charge in [0.05, 0.1) is 5.39 Å². The summed E-state index contributed by atoms with van der Waals surface area (Å²) >= 11 is 0. The Balaban J connectivity index is 1.57. The first kappa shape index (κ1) is 20.8. The van der Waals surface area contributed by atoms with E-state index in [-0.39, 0.29) is 11.3 Å². The van der Waals surface area contributed by atoms with Crippen molar-refractivity contribution in [2.45, 2.75) is 20.8 Å². The van der Waals surface area contributed by atoms with Crippen molar-refractivity contribution in [3.8, 4) is 0 Å². The van der Waals surface area contributed by atoms with E-state index in [0.29, 0.717) is 11.1 Å². The van der Waals surface area contributed by atoms with Crippen LogP contribution in [-0.2, 0) is 9.53 Å². The average molecular weight is 408 g/mol. The number of hydrogen-bond acceptors (Lipinski definition) is 6. The predicted molar refractivity (Wildman–Crippen MR) is 111 cm³/mol. The second kappa shape index (κ2) is 8.60. The molecule has 0 saturated heterocycles. The van der Waals surface area contributed by atoms with E-state index >= 15 is 0 Å². The molecule has 0 spiro atoms. The van der Waals surface area contributed by atoms with Gasteiger partial charge >= 0.3 is 12.0 Å². The molecule has 8 heteroatoms. The second-order valence-corrected chi connectivity index (χ2v) is 6.85. The van der Waals surface area contributed by atoms with Crippen LogP contribution in [0.3, 0.4) is 0 Å². The average Bonchev–Trinajstić information content (AvgIpc) is 2.69. The van der Waals surface area contributed by atoms with Gasteiger partial charge in [0, 0.05) is 11.8 Å². The number of fused-ring (bicyclic) bond motifs is 1. The zero-order valence-electron chi connectivity index (χ0n) is 16.7. The molecule has 0 bridgehead atoms. The number of hydrogen-bond donors (Lipinski definition) is 2. The van der Waals surface area contributed by atoms with Crippen molar-refractivity contribution < 1.29 is 23.5 Å². The fraction of sp³-hybridized carbons (Fsp3) is 0.182. The van der Waals surface area contributed by atoms with Gasteiger partial charge in [-0.1, -0.05) is 17.7 Å². The van der Waals surface area contributed by atoms with Crippen LogP contribution < -0.4 is 16.1 Å². The molecule has 0 aliphatic rings. The van der Waals surface area contributed by atoms with Gasteiger partial charge in [-0.25, -0.2) is 9.59 Å². The Morgan fingerprint density at radius 1 is 0.967 bits per heavy atom. The van der Waals surface area contributed by atoms with Crippen molar-refractivity contribution >= 4 is 34.6 Å². The van der Waals surface area contributed by atoms with Crippen LogP contribution in [0.15, 0.2) is 51.7 Å². The van der Waals surface area contributed by atoms with Crippen molar-refractivity contribution in [1.82, 2.24) is 5.32 Å². The van der Waals surface area contributed by atoms with Crippen LogP contribution in [-0.4, -0.2) is 24.5 Å². The van der Waals surface area contributed by atoms with Crippen LogP contribution >= 0.6 is 0 Å². The highest BCUT2D eigenvalue weighted by Crippen LogP contribution is 2.15. The number of ether oxygens (including phenoxy) is 1.